The second-order valence-corrected chi connectivity index (χ2v) is 5.51. The van der Waals surface area contributed by atoms with Crippen LogP contribution in [0.2, 0.25) is 5.02 Å². The Morgan fingerprint density at radius 2 is 2.05 bits per heavy atom. The molecule has 2 unspecified atom stereocenters. The molecule has 1 aliphatic rings. The van der Waals surface area contributed by atoms with Crippen molar-refractivity contribution in [1.29, 1.82) is 0 Å². The van der Waals surface area contributed by atoms with Crippen LogP contribution in [0.3, 0.4) is 0 Å². The summed E-state index contributed by atoms with van der Waals surface area (Å²) in [4.78, 5) is 12.3. The number of halogens is 2. The zero-order valence-corrected chi connectivity index (χ0v) is 12.6. The molecule has 1 fully saturated rings. The first-order valence-corrected chi connectivity index (χ1v) is 6.55. The Morgan fingerprint density at radius 1 is 1.47 bits per heavy atom. The first kappa shape index (κ1) is 16.3. The Morgan fingerprint density at radius 3 is 2.47 bits per heavy atom. The van der Waals surface area contributed by atoms with E-state index in [4.69, 9.17) is 22.1 Å². The first-order valence-electron chi connectivity index (χ1n) is 6.18. The lowest BCUT2D eigenvalue weighted by atomic mass is 9.93. The van der Waals surface area contributed by atoms with E-state index in [1.165, 1.54) is 0 Å². The van der Waals surface area contributed by atoms with Crippen LogP contribution >= 0.6 is 24.0 Å². The predicted molar refractivity (Wildman–Crippen MR) is 78.8 cm³/mol. The van der Waals surface area contributed by atoms with Crippen LogP contribution in [0, 0.1) is 5.92 Å². The van der Waals surface area contributed by atoms with Crippen molar-refractivity contribution >= 4 is 30.0 Å². The van der Waals surface area contributed by atoms with Crippen molar-refractivity contribution in [2.24, 2.45) is 11.7 Å². The van der Waals surface area contributed by atoms with Gasteiger partial charge >= 0.3 is 5.97 Å². The van der Waals surface area contributed by atoms with Gasteiger partial charge in [0.05, 0.1) is 11.5 Å². The fraction of sp³-hybridized carbons (Fsp3) is 0.500. The van der Waals surface area contributed by atoms with Crippen LogP contribution in [-0.2, 0) is 14.9 Å². The van der Waals surface area contributed by atoms with Gasteiger partial charge in [0.25, 0.3) is 0 Å². The molecule has 2 atom stereocenters. The summed E-state index contributed by atoms with van der Waals surface area (Å²) in [5, 5.41) is 0.663. The molecule has 3 nitrogen and oxygen atoms in total. The summed E-state index contributed by atoms with van der Waals surface area (Å²) < 4.78 is 5.37. The number of ether oxygens (including phenoxy) is 1. The Hall–Kier alpha value is -0.770. The highest BCUT2D eigenvalue weighted by molar-refractivity contribution is 6.30. The standard InChI is InChI=1S/C14H18ClNO2.ClH/c1-9(2)18-13(17)14(7-11(14)8-16)10-3-5-12(15)6-4-10;/h3-6,9,11H,7-8,16H2,1-2H3;1H. The van der Waals surface area contributed by atoms with E-state index in [9.17, 15) is 4.79 Å². The maximum atomic E-state index is 12.3. The average Bonchev–Trinajstić information content (AvgIpc) is 3.05. The van der Waals surface area contributed by atoms with Gasteiger partial charge in [0, 0.05) is 5.02 Å². The minimum Gasteiger partial charge on any atom is -0.462 e. The van der Waals surface area contributed by atoms with Gasteiger partial charge in [0.2, 0.25) is 0 Å². The molecule has 1 aromatic rings. The van der Waals surface area contributed by atoms with Crippen LogP contribution in [0.4, 0.5) is 0 Å². The summed E-state index contributed by atoms with van der Waals surface area (Å²) in [7, 11) is 0. The molecule has 2 N–H and O–H groups in total. The fourth-order valence-electron chi connectivity index (χ4n) is 2.40. The third-order valence-corrected chi connectivity index (χ3v) is 3.71. The zero-order chi connectivity index (χ0) is 13.3. The zero-order valence-electron chi connectivity index (χ0n) is 11.1. The van der Waals surface area contributed by atoms with E-state index in [1.807, 2.05) is 26.0 Å². The number of benzene rings is 1. The van der Waals surface area contributed by atoms with E-state index in [0.29, 0.717) is 11.6 Å². The molecule has 0 heterocycles. The van der Waals surface area contributed by atoms with Gasteiger partial charge in [-0.25, -0.2) is 0 Å². The summed E-state index contributed by atoms with van der Waals surface area (Å²) in [6.45, 7) is 4.20. The molecule has 0 amide bonds. The number of nitrogens with two attached hydrogens (primary N) is 1. The van der Waals surface area contributed by atoms with Crippen molar-refractivity contribution in [2.75, 3.05) is 6.54 Å². The molecule has 5 heteroatoms. The van der Waals surface area contributed by atoms with Crippen molar-refractivity contribution in [3.05, 3.63) is 34.9 Å². The van der Waals surface area contributed by atoms with Crippen LogP contribution in [0.1, 0.15) is 25.8 Å². The highest BCUT2D eigenvalue weighted by atomic mass is 35.5. The number of hydrogen-bond acceptors (Lipinski definition) is 3. The Balaban J connectivity index is 0.00000180. The SMILES string of the molecule is CC(C)OC(=O)C1(c2ccc(Cl)cc2)CC1CN.Cl. The van der Waals surface area contributed by atoms with E-state index >= 15 is 0 Å². The lowest BCUT2D eigenvalue weighted by molar-refractivity contribution is -0.151. The number of carbonyl (C=O) groups is 1. The van der Waals surface area contributed by atoms with Crippen molar-refractivity contribution in [3.63, 3.8) is 0 Å². The molecule has 1 aromatic carbocycles. The summed E-state index contributed by atoms with van der Waals surface area (Å²) in [5.41, 5.74) is 6.11. The van der Waals surface area contributed by atoms with Crippen molar-refractivity contribution < 1.29 is 9.53 Å². The summed E-state index contributed by atoms with van der Waals surface area (Å²) in [6, 6.07) is 7.37. The fourth-order valence-corrected chi connectivity index (χ4v) is 2.53. The monoisotopic (exact) mass is 303 g/mol. The molecule has 0 radical (unpaired) electrons. The molecular formula is C14H19Cl2NO2. The van der Waals surface area contributed by atoms with Crippen molar-refractivity contribution in [1.82, 2.24) is 0 Å². The number of rotatable bonds is 4. The van der Waals surface area contributed by atoms with Crippen LogP contribution in [0.5, 0.6) is 0 Å². The molecule has 0 aliphatic heterocycles. The maximum absolute atomic E-state index is 12.3. The van der Waals surface area contributed by atoms with Crippen LogP contribution < -0.4 is 5.73 Å². The predicted octanol–water partition coefficient (Wildman–Crippen LogP) is 2.93. The minimum atomic E-state index is -0.552. The quantitative estimate of drug-likeness (QED) is 0.870. The number of esters is 1. The van der Waals surface area contributed by atoms with Crippen molar-refractivity contribution in [2.45, 2.75) is 31.8 Å². The van der Waals surface area contributed by atoms with Gasteiger partial charge in [-0.3, -0.25) is 4.79 Å². The highest BCUT2D eigenvalue weighted by Gasteiger charge is 2.61. The van der Waals surface area contributed by atoms with E-state index < -0.39 is 5.41 Å². The van der Waals surface area contributed by atoms with E-state index in [2.05, 4.69) is 0 Å². The lowest BCUT2D eigenvalue weighted by Gasteiger charge is -2.18. The Bertz CT molecular complexity index is 447. The molecule has 0 bridgehead atoms. The molecular weight excluding hydrogens is 285 g/mol. The smallest absolute Gasteiger partial charge is 0.317 e. The van der Waals surface area contributed by atoms with Gasteiger partial charge in [-0.1, -0.05) is 23.7 Å². The van der Waals surface area contributed by atoms with Crippen LogP contribution in [0.15, 0.2) is 24.3 Å². The minimum absolute atomic E-state index is 0. The van der Waals surface area contributed by atoms with Crippen LogP contribution in [-0.4, -0.2) is 18.6 Å². The Labute approximate surface area is 124 Å². The van der Waals surface area contributed by atoms with E-state index in [1.54, 1.807) is 12.1 Å². The second kappa shape index (κ2) is 6.12. The second-order valence-electron chi connectivity index (χ2n) is 5.07. The van der Waals surface area contributed by atoms with Gasteiger partial charge in [-0.05, 0) is 50.4 Å². The molecule has 106 valence electrons. The third kappa shape index (κ3) is 3.04. The molecule has 0 aromatic heterocycles. The summed E-state index contributed by atoms with van der Waals surface area (Å²) in [6.07, 6.45) is 0.650. The first-order chi connectivity index (χ1) is 8.50. The van der Waals surface area contributed by atoms with Crippen LogP contribution in [0.25, 0.3) is 0 Å². The molecule has 1 aliphatic carbocycles. The topological polar surface area (TPSA) is 52.3 Å². The molecule has 0 saturated heterocycles. The Kier molecular flexibility index (Phi) is 5.25. The van der Waals surface area contributed by atoms with E-state index in [0.717, 1.165) is 12.0 Å². The normalized spacial score (nSPS) is 24.8. The molecule has 0 spiro atoms. The molecule has 19 heavy (non-hydrogen) atoms. The number of hydrogen-bond donors (Lipinski definition) is 1. The third-order valence-electron chi connectivity index (χ3n) is 3.46. The van der Waals surface area contributed by atoms with Gasteiger partial charge < -0.3 is 10.5 Å². The molecule has 2 rings (SSSR count). The highest BCUT2D eigenvalue weighted by Crippen LogP contribution is 2.54. The average molecular weight is 304 g/mol. The molecule has 1 saturated carbocycles. The van der Waals surface area contributed by atoms with Gasteiger partial charge in [-0.15, -0.1) is 12.4 Å². The largest absolute Gasteiger partial charge is 0.462 e. The summed E-state index contributed by atoms with van der Waals surface area (Å²) in [5.74, 6) is 0.000183. The lowest BCUT2D eigenvalue weighted by Crippen LogP contribution is -2.29. The van der Waals surface area contributed by atoms with Crippen molar-refractivity contribution in [3.8, 4) is 0 Å². The van der Waals surface area contributed by atoms with Gasteiger partial charge in [0.15, 0.2) is 0 Å². The van der Waals surface area contributed by atoms with Gasteiger partial charge in [0.1, 0.15) is 0 Å². The van der Waals surface area contributed by atoms with E-state index in [-0.39, 0.29) is 30.4 Å². The number of carbonyl (C=O) groups excluding carboxylic acids is 1. The summed E-state index contributed by atoms with van der Waals surface area (Å²) >= 11 is 5.88. The maximum Gasteiger partial charge on any atom is 0.317 e. The van der Waals surface area contributed by atoms with Gasteiger partial charge in [-0.2, -0.15) is 0 Å².